The zero-order chi connectivity index (χ0) is 9.26. The third kappa shape index (κ3) is 1.30. The van der Waals surface area contributed by atoms with Crippen LogP contribution >= 0.6 is 0 Å². The van der Waals surface area contributed by atoms with E-state index >= 15 is 0 Å². The molecule has 0 N–H and O–H groups in total. The van der Waals surface area contributed by atoms with Crippen LogP contribution in [0.5, 0.6) is 0 Å². The maximum absolute atomic E-state index is 5.00. The molecule has 0 spiro atoms. The second-order valence-electron chi connectivity index (χ2n) is 3.02. The first kappa shape index (κ1) is 8.23. The first-order valence-electron chi connectivity index (χ1n) is 4.58. The van der Waals surface area contributed by atoms with E-state index in [1.807, 2.05) is 0 Å². The normalized spacial score (nSPS) is 10.9. The third-order valence-corrected chi connectivity index (χ3v) is 2.23. The Morgan fingerprint density at radius 1 is 1.31 bits per heavy atom. The predicted octanol–water partition coefficient (Wildman–Crippen LogP) is 2.35. The summed E-state index contributed by atoms with van der Waals surface area (Å²) in [6, 6.07) is 2.11. The summed E-state index contributed by atoms with van der Waals surface area (Å²) >= 11 is 0. The zero-order valence-corrected chi connectivity index (χ0v) is 7.87. The number of aryl methyl sites for hydroxylation is 2. The fraction of sp³-hybridized carbons (Fsp3) is 0.400. The molecule has 0 aliphatic carbocycles. The van der Waals surface area contributed by atoms with Gasteiger partial charge in [-0.3, -0.25) is 0 Å². The standard InChI is InChI=1S/C10H12N2O/c1-3-7-5-8-6-11-13-10(8)12-9(7)4-2/h5-6H,3-4H2,1-2H3. The van der Waals surface area contributed by atoms with Gasteiger partial charge >= 0.3 is 0 Å². The van der Waals surface area contributed by atoms with E-state index in [1.54, 1.807) is 6.20 Å². The van der Waals surface area contributed by atoms with Gasteiger partial charge in [0, 0.05) is 5.69 Å². The van der Waals surface area contributed by atoms with Gasteiger partial charge in [-0.15, -0.1) is 0 Å². The summed E-state index contributed by atoms with van der Waals surface area (Å²) in [4.78, 5) is 4.40. The molecule has 2 rings (SSSR count). The Balaban J connectivity index is 2.67. The van der Waals surface area contributed by atoms with Crippen LogP contribution in [0.3, 0.4) is 0 Å². The van der Waals surface area contributed by atoms with Crippen molar-refractivity contribution in [2.75, 3.05) is 0 Å². The van der Waals surface area contributed by atoms with Crippen LogP contribution in [0.15, 0.2) is 16.8 Å². The maximum atomic E-state index is 5.00. The fourth-order valence-electron chi connectivity index (χ4n) is 1.50. The molecule has 0 aliphatic heterocycles. The second-order valence-corrected chi connectivity index (χ2v) is 3.02. The van der Waals surface area contributed by atoms with Crippen LogP contribution in [0.25, 0.3) is 11.1 Å². The minimum atomic E-state index is 0.647. The molecule has 0 unspecified atom stereocenters. The van der Waals surface area contributed by atoms with E-state index < -0.39 is 0 Å². The van der Waals surface area contributed by atoms with Gasteiger partial charge in [-0.05, 0) is 24.5 Å². The number of rotatable bonds is 2. The lowest BCUT2D eigenvalue weighted by molar-refractivity contribution is 0.448. The van der Waals surface area contributed by atoms with Gasteiger partial charge in [-0.1, -0.05) is 19.0 Å². The first-order chi connectivity index (χ1) is 6.35. The topological polar surface area (TPSA) is 38.9 Å². The Kier molecular flexibility index (Phi) is 2.00. The molecule has 2 aromatic heterocycles. The van der Waals surface area contributed by atoms with Crippen LogP contribution in [-0.4, -0.2) is 10.1 Å². The van der Waals surface area contributed by atoms with Gasteiger partial charge in [0.25, 0.3) is 5.71 Å². The summed E-state index contributed by atoms with van der Waals surface area (Å²) in [5.41, 5.74) is 3.05. The van der Waals surface area contributed by atoms with Crippen molar-refractivity contribution in [3.05, 3.63) is 23.5 Å². The Morgan fingerprint density at radius 2 is 2.15 bits per heavy atom. The van der Waals surface area contributed by atoms with Crippen LogP contribution in [0.1, 0.15) is 25.1 Å². The van der Waals surface area contributed by atoms with Gasteiger partial charge in [0.1, 0.15) is 0 Å². The molecule has 0 aliphatic rings. The van der Waals surface area contributed by atoms with E-state index in [1.165, 1.54) is 5.56 Å². The lowest BCUT2D eigenvalue weighted by Gasteiger charge is -2.02. The zero-order valence-electron chi connectivity index (χ0n) is 7.87. The molecule has 0 amide bonds. The van der Waals surface area contributed by atoms with Gasteiger partial charge in [0.05, 0.1) is 11.6 Å². The van der Waals surface area contributed by atoms with E-state index in [0.29, 0.717) is 5.71 Å². The summed E-state index contributed by atoms with van der Waals surface area (Å²) in [6.07, 6.45) is 3.66. The Morgan fingerprint density at radius 3 is 2.85 bits per heavy atom. The molecule has 68 valence electrons. The second kappa shape index (κ2) is 3.17. The maximum Gasteiger partial charge on any atom is 0.257 e. The van der Waals surface area contributed by atoms with Gasteiger partial charge in [0.2, 0.25) is 0 Å². The average molecular weight is 176 g/mol. The molecular formula is C10H12N2O. The Bertz CT molecular complexity index is 382. The van der Waals surface area contributed by atoms with E-state index in [9.17, 15) is 0 Å². The lowest BCUT2D eigenvalue weighted by Crippen LogP contribution is -1.94. The van der Waals surface area contributed by atoms with E-state index in [4.69, 9.17) is 4.52 Å². The third-order valence-electron chi connectivity index (χ3n) is 2.23. The minimum Gasteiger partial charge on any atom is -0.336 e. The highest BCUT2D eigenvalue weighted by atomic mass is 16.5. The van der Waals surface area contributed by atoms with Crippen molar-refractivity contribution < 1.29 is 4.52 Å². The predicted molar refractivity (Wildman–Crippen MR) is 50.6 cm³/mol. The van der Waals surface area contributed by atoms with Gasteiger partial charge < -0.3 is 4.52 Å². The smallest absolute Gasteiger partial charge is 0.257 e. The SMILES string of the molecule is CCc1cc2cnoc2nc1CC. The Hall–Kier alpha value is -1.38. The number of pyridine rings is 1. The van der Waals surface area contributed by atoms with E-state index in [-0.39, 0.29) is 0 Å². The van der Waals surface area contributed by atoms with Gasteiger partial charge in [-0.2, -0.15) is 0 Å². The fourth-order valence-corrected chi connectivity index (χ4v) is 1.50. The van der Waals surface area contributed by atoms with Crippen molar-refractivity contribution in [3.8, 4) is 0 Å². The van der Waals surface area contributed by atoms with E-state index in [0.717, 1.165) is 23.9 Å². The molecule has 13 heavy (non-hydrogen) atoms. The van der Waals surface area contributed by atoms with Crippen molar-refractivity contribution in [2.45, 2.75) is 26.7 Å². The highest BCUT2D eigenvalue weighted by molar-refractivity contribution is 5.72. The highest BCUT2D eigenvalue weighted by Crippen LogP contribution is 2.17. The number of fused-ring (bicyclic) bond motifs is 1. The summed E-state index contributed by atoms with van der Waals surface area (Å²) in [5.74, 6) is 0. The minimum absolute atomic E-state index is 0.647. The van der Waals surface area contributed by atoms with Crippen LogP contribution < -0.4 is 0 Å². The number of nitrogens with zero attached hydrogens (tertiary/aromatic N) is 2. The van der Waals surface area contributed by atoms with Crippen LogP contribution in [0, 0.1) is 0 Å². The molecule has 3 nitrogen and oxygen atoms in total. The largest absolute Gasteiger partial charge is 0.336 e. The molecule has 2 aromatic rings. The molecular weight excluding hydrogens is 164 g/mol. The summed E-state index contributed by atoms with van der Waals surface area (Å²) in [6.45, 7) is 4.24. The molecule has 0 fully saturated rings. The molecule has 0 saturated heterocycles. The Labute approximate surface area is 76.8 Å². The quantitative estimate of drug-likeness (QED) is 0.705. The molecule has 0 bridgehead atoms. The molecule has 0 saturated carbocycles. The van der Waals surface area contributed by atoms with Gasteiger partial charge in [0.15, 0.2) is 0 Å². The van der Waals surface area contributed by atoms with Crippen LogP contribution in [-0.2, 0) is 12.8 Å². The van der Waals surface area contributed by atoms with Crippen molar-refractivity contribution >= 4 is 11.1 Å². The van der Waals surface area contributed by atoms with Gasteiger partial charge in [-0.25, -0.2) is 4.98 Å². The van der Waals surface area contributed by atoms with E-state index in [2.05, 4.69) is 30.1 Å². The lowest BCUT2D eigenvalue weighted by atomic mass is 10.1. The van der Waals surface area contributed by atoms with Crippen molar-refractivity contribution in [1.29, 1.82) is 0 Å². The highest BCUT2D eigenvalue weighted by Gasteiger charge is 2.06. The molecule has 0 atom stereocenters. The molecule has 3 heteroatoms. The van der Waals surface area contributed by atoms with Crippen molar-refractivity contribution in [2.24, 2.45) is 0 Å². The molecule has 2 heterocycles. The van der Waals surface area contributed by atoms with Crippen LogP contribution in [0.2, 0.25) is 0 Å². The first-order valence-corrected chi connectivity index (χ1v) is 4.58. The molecule has 0 aromatic carbocycles. The summed E-state index contributed by atoms with van der Waals surface area (Å²) in [7, 11) is 0. The summed E-state index contributed by atoms with van der Waals surface area (Å²) in [5, 5.41) is 4.71. The average Bonchev–Trinajstić information content (AvgIpc) is 2.62. The summed E-state index contributed by atoms with van der Waals surface area (Å²) < 4.78 is 5.00. The number of aromatic nitrogens is 2. The number of hydrogen-bond acceptors (Lipinski definition) is 3. The van der Waals surface area contributed by atoms with Crippen LogP contribution in [0.4, 0.5) is 0 Å². The number of hydrogen-bond donors (Lipinski definition) is 0. The monoisotopic (exact) mass is 176 g/mol. The molecule has 0 radical (unpaired) electrons. The van der Waals surface area contributed by atoms with Crippen molar-refractivity contribution in [3.63, 3.8) is 0 Å². The van der Waals surface area contributed by atoms with Crippen molar-refractivity contribution in [1.82, 2.24) is 10.1 Å².